The summed E-state index contributed by atoms with van der Waals surface area (Å²) in [6, 6.07) is 1.67. The van der Waals surface area contributed by atoms with Crippen molar-refractivity contribution in [1.82, 2.24) is 10.1 Å². The molecule has 0 spiro atoms. The molecule has 1 atom stereocenters. The van der Waals surface area contributed by atoms with Crippen LogP contribution in [0.1, 0.15) is 66.6 Å². The van der Waals surface area contributed by atoms with E-state index in [4.69, 9.17) is 4.52 Å². The molecule has 0 saturated carbocycles. The van der Waals surface area contributed by atoms with E-state index in [0.29, 0.717) is 18.0 Å². The summed E-state index contributed by atoms with van der Waals surface area (Å²) in [5.41, 5.74) is -0.125. The second-order valence-electron chi connectivity index (χ2n) is 8.83. The van der Waals surface area contributed by atoms with Crippen LogP contribution in [0, 0.1) is 12.3 Å². The molecule has 0 aliphatic carbocycles. The van der Waals surface area contributed by atoms with Gasteiger partial charge in [0.05, 0.1) is 19.6 Å². The van der Waals surface area contributed by atoms with E-state index >= 15 is 0 Å². The van der Waals surface area contributed by atoms with Gasteiger partial charge in [0.15, 0.2) is 5.82 Å². The van der Waals surface area contributed by atoms with Crippen molar-refractivity contribution in [3.05, 3.63) is 11.8 Å². The molecule has 1 aromatic rings. The second kappa shape index (κ2) is 11.2. The number of nitrogens with one attached hydrogen (secondary N) is 2. The molecule has 0 unspecified atom stereocenters. The van der Waals surface area contributed by atoms with E-state index in [1.54, 1.807) is 22.8 Å². The summed E-state index contributed by atoms with van der Waals surface area (Å²) >= 11 is 0. The fourth-order valence-corrected chi connectivity index (χ4v) is 3.21. The second-order valence-corrected chi connectivity index (χ2v) is 8.83. The van der Waals surface area contributed by atoms with Crippen LogP contribution in [0.3, 0.4) is 0 Å². The number of nitrogens with zero attached hydrogens (tertiary/aromatic N) is 2. The topological polar surface area (TPSA) is 79.9 Å². The molecule has 2 amide bonds. The fourth-order valence-electron chi connectivity index (χ4n) is 3.21. The summed E-state index contributed by atoms with van der Waals surface area (Å²) in [4.78, 5) is 28.7. The summed E-state index contributed by atoms with van der Waals surface area (Å²) in [6.07, 6.45) is 2.33. The van der Waals surface area contributed by atoms with Crippen LogP contribution in [0.4, 0.5) is 5.82 Å². The molecule has 0 radical (unpaired) electrons. The van der Waals surface area contributed by atoms with Crippen LogP contribution in [-0.4, -0.2) is 54.1 Å². The van der Waals surface area contributed by atoms with E-state index < -0.39 is 0 Å². The maximum absolute atomic E-state index is 12.9. The molecular formula is C21H39N4O3+. The van der Waals surface area contributed by atoms with Crippen LogP contribution in [-0.2, 0) is 9.59 Å². The lowest BCUT2D eigenvalue weighted by Gasteiger charge is -2.31. The lowest BCUT2D eigenvalue weighted by molar-refractivity contribution is -0.896. The highest BCUT2D eigenvalue weighted by Crippen LogP contribution is 2.21. The molecule has 1 aromatic heterocycles. The predicted molar refractivity (Wildman–Crippen MR) is 111 cm³/mol. The van der Waals surface area contributed by atoms with Crippen molar-refractivity contribution >= 4 is 17.6 Å². The molecular weight excluding hydrogens is 356 g/mol. The van der Waals surface area contributed by atoms with Gasteiger partial charge in [-0.05, 0) is 46.0 Å². The normalized spacial score (nSPS) is 12.9. The minimum atomic E-state index is -0.253. The minimum Gasteiger partial charge on any atom is -0.360 e. The van der Waals surface area contributed by atoms with Crippen LogP contribution in [0.5, 0.6) is 0 Å². The first-order valence-corrected chi connectivity index (χ1v) is 10.4. The first-order valence-electron chi connectivity index (χ1n) is 10.4. The van der Waals surface area contributed by atoms with Crippen molar-refractivity contribution in [2.45, 2.75) is 73.8 Å². The Hall–Kier alpha value is -1.89. The maximum Gasteiger partial charge on any atom is 0.245 e. The number of anilines is 1. The number of amides is 2. The van der Waals surface area contributed by atoms with E-state index in [1.807, 2.05) is 27.7 Å². The Morgan fingerprint density at radius 1 is 1.29 bits per heavy atom. The van der Waals surface area contributed by atoms with Gasteiger partial charge in [-0.15, -0.1) is 0 Å². The van der Waals surface area contributed by atoms with Crippen molar-refractivity contribution in [2.24, 2.45) is 5.41 Å². The SMILES string of the molecule is CC[NH+](CC)CCC[C@@H](C)N(CC(=O)Nc1cc(C)on1)C(=O)CC(C)(C)C. The van der Waals surface area contributed by atoms with Gasteiger partial charge in [-0.2, -0.15) is 0 Å². The monoisotopic (exact) mass is 395 g/mol. The minimum absolute atomic E-state index is 0.00890. The first-order chi connectivity index (χ1) is 13.1. The van der Waals surface area contributed by atoms with E-state index in [2.05, 4.69) is 24.3 Å². The third-order valence-electron chi connectivity index (χ3n) is 4.90. The summed E-state index contributed by atoms with van der Waals surface area (Å²) in [6.45, 7) is 17.6. The zero-order valence-corrected chi connectivity index (χ0v) is 18.7. The number of carbonyl (C=O) groups is 2. The molecule has 0 aromatic carbocycles. The number of rotatable bonds is 11. The standard InChI is InChI=1S/C21H38N4O3/c1-8-24(9-2)12-10-11-16(3)25(20(27)14-21(5,6)7)15-19(26)22-18-13-17(4)28-23-18/h13,16H,8-12,14-15H2,1-7H3,(H,22,23,26)/p+1/t16-/m1/s1. The highest BCUT2D eigenvalue weighted by molar-refractivity contribution is 5.94. The molecule has 1 rings (SSSR count). The maximum atomic E-state index is 12.9. The molecule has 7 heteroatoms. The Kier molecular flexibility index (Phi) is 9.65. The fraction of sp³-hybridized carbons (Fsp3) is 0.762. The zero-order valence-electron chi connectivity index (χ0n) is 18.7. The molecule has 7 nitrogen and oxygen atoms in total. The van der Waals surface area contributed by atoms with Crippen LogP contribution < -0.4 is 10.2 Å². The Balaban J connectivity index is 2.74. The number of quaternary nitrogens is 1. The largest absolute Gasteiger partial charge is 0.360 e. The zero-order chi connectivity index (χ0) is 21.3. The lowest BCUT2D eigenvalue weighted by atomic mass is 9.91. The van der Waals surface area contributed by atoms with E-state index in [9.17, 15) is 9.59 Å². The average Bonchev–Trinajstić information content (AvgIpc) is 2.99. The van der Waals surface area contributed by atoms with Crippen LogP contribution in [0.2, 0.25) is 0 Å². The molecule has 0 aliphatic rings. The van der Waals surface area contributed by atoms with E-state index in [1.165, 1.54) is 0 Å². The lowest BCUT2D eigenvalue weighted by Crippen LogP contribution is -3.11. The van der Waals surface area contributed by atoms with Gasteiger partial charge in [0.2, 0.25) is 11.8 Å². The van der Waals surface area contributed by atoms with Crippen molar-refractivity contribution in [1.29, 1.82) is 0 Å². The molecule has 2 N–H and O–H groups in total. The van der Waals surface area contributed by atoms with Gasteiger partial charge in [0.1, 0.15) is 12.3 Å². The molecule has 0 bridgehead atoms. The smallest absolute Gasteiger partial charge is 0.245 e. The summed E-state index contributed by atoms with van der Waals surface area (Å²) < 4.78 is 4.98. The van der Waals surface area contributed by atoms with Gasteiger partial charge in [-0.25, -0.2) is 0 Å². The van der Waals surface area contributed by atoms with Gasteiger partial charge >= 0.3 is 0 Å². The molecule has 0 saturated heterocycles. The molecule has 28 heavy (non-hydrogen) atoms. The van der Waals surface area contributed by atoms with Gasteiger partial charge in [-0.1, -0.05) is 25.9 Å². The Morgan fingerprint density at radius 2 is 1.93 bits per heavy atom. The van der Waals surface area contributed by atoms with Crippen molar-refractivity contribution in [3.8, 4) is 0 Å². The predicted octanol–water partition coefficient (Wildman–Crippen LogP) is 2.28. The Bertz CT molecular complexity index is 617. The quantitative estimate of drug-likeness (QED) is 0.602. The number of carbonyl (C=O) groups excluding carboxylic acids is 2. The van der Waals surface area contributed by atoms with Crippen molar-refractivity contribution in [3.63, 3.8) is 0 Å². The number of hydrogen-bond acceptors (Lipinski definition) is 4. The highest BCUT2D eigenvalue weighted by Gasteiger charge is 2.27. The summed E-state index contributed by atoms with van der Waals surface area (Å²) in [5.74, 6) is 0.769. The molecule has 1 heterocycles. The highest BCUT2D eigenvalue weighted by atomic mass is 16.5. The summed E-state index contributed by atoms with van der Waals surface area (Å²) in [7, 11) is 0. The van der Waals surface area contributed by atoms with E-state index in [0.717, 1.165) is 32.5 Å². The molecule has 0 fully saturated rings. The van der Waals surface area contributed by atoms with Gasteiger partial charge in [0, 0.05) is 18.5 Å². The van der Waals surface area contributed by atoms with Gasteiger partial charge in [0.25, 0.3) is 0 Å². The van der Waals surface area contributed by atoms with Crippen molar-refractivity contribution in [2.75, 3.05) is 31.5 Å². The number of aryl methyl sites for hydroxylation is 1. The van der Waals surface area contributed by atoms with Crippen molar-refractivity contribution < 1.29 is 19.0 Å². The van der Waals surface area contributed by atoms with Crippen LogP contribution in [0.15, 0.2) is 10.6 Å². The number of aromatic nitrogens is 1. The Morgan fingerprint density at radius 3 is 2.43 bits per heavy atom. The van der Waals surface area contributed by atoms with E-state index in [-0.39, 0.29) is 29.8 Å². The number of hydrogen-bond donors (Lipinski definition) is 2. The summed E-state index contributed by atoms with van der Waals surface area (Å²) in [5, 5.41) is 6.50. The first kappa shape index (κ1) is 24.1. The van der Waals surface area contributed by atoms with Crippen LogP contribution >= 0.6 is 0 Å². The third kappa shape index (κ3) is 8.87. The van der Waals surface area contributed by atoms with Gasteiger partial charge < -0.3 is 19.6 Å². The molecule has 0 aliphatic heterocycles. The third-order valence-corrected chi connectivity index (χ3v) is 4.90. The average molecular weight is 396 g/mol. The van der Waals surface area contributed by atoms with Gasteiger partial charge in [-0.3, -0.25) is 9.59 Å². The Labute approximate surface area is 169 Å². The molecule has 160 valence electrons. The van der Waals surface area contributed by atoms with Crippen LogP contribution in [0.25, 0.3) is 0 Å².